The number of halogens is 2. The summed E-state index contributed by atoms with van der Waals surface area (Å²) in [6, 6.07) is 13.4. The number of hydrogen-bond acceptors (Lipinski definition) is 7. The zero-order valence-electron chi connectivity index (χ0n) is 17.0. The van der Waals surface area contributed by atoms with Crippen LogP contribution in [0, 0.1) is 11.8 Å². The number of nitrogens with zero attached hydrogens (tertiary/aromatic N) is 4. The molecule has 1 spiro atoms. The summed E-state index contributed by atoms with van der Waals surface area (Å²) >= 11 is 1.37. The van der Waals surface area contributed by atoms with E-state index in [-0.39, 0.29) is 5.75 Å². The number of amidine groups is 1. The van der Waals surface area contributed by atoms with Crippen molar-refractivity contribution in [2.24, 2.45) is 10.7 Å². The van der Waals surface area contributed by atoms with Gasteiger partial charge in [0.05, 0.1) is 0 Å². The molecule has 0 unspecified atom stereocenters. The van der Waals surface area contributed by atoms with Crippen LogP contribution in [-0.4, -0.2) is 25.9 Å². The van der Waals surface area contributed by atoms with Gasteiger partial charge >= 0.3 is 0 Å². The fourth-order valence-electron chi connectivity index (χ4n) is 4.25. The first-order valence-corrected chi connectivity index (χ1v) is 11.1. The molecule has 2 aromatic carbocycles. The highest BCUT2D eigenvalue weighted by molar-refractivity contribution is 8.14. The molecule has 0 bridgehead atoms. The molecule has 9 heteroatoms. The minimum absolute atomic E-state index is 0.0848. The fourth-order valence-corrected chi connectivity index (χ4v) is 5.21. The number of ether oxygens (including phenoxy) is 1. The number of nitrogens with two attached hydrogens (primary N) is 1. The van der Waals surface area contributed by atoms with Crippen LogP contribution in [0.4, 0.5) is 8.78 Å². The van der Waals surface area contributed by atoms with Gasteiger partial charge in [-0.3, -0.25) is 0 Å². The first-order chi connectivity index (χ1) is 16.0. The van der Waals surface area contributed by atoms with Crippen molar-refractivity contribution in [2.45, 2.75) is 5.54 Å². The van der Waals surface area contributed by atoms with Gasteiger partial charge in [-0.05, 0) is 48.0 Å². The molecule has 33 heavy (non-hydrogen) atoms. The molecule has 1 atom stereocenters. The Morgan fingerprint density at radius 2 is 1.70 bits per heavy atom. The molecule has 2 aromatic heterocycles. The van der Waals surface area contributed by atoms with E-state index in [9.17, 15) is 4.39 Å². The van der Waals surface area contributed by atoms with Gasteiger partial charge < -0.3 is 10.5 Å². The lowest BCUT2D eigenvalue weighted by Crippen LogP contribution is -2.30. The summed E-state index contributed by atoms with van der Waals surface area (Å²) in [5, 5.41) is 0.383. The van der Waals surface area contributed by atoms with Crippen LogP contribution in [-0.2, 0) is 5.54 Å². The highest BCUT2D eigenvalue weighted by Gasteiger charge is 2.47. The third-order valence-electron chi connectivity index (χ3n) is 5.75. The maximum absolute atomic E-state index is 15.3. The zero-order chi connectivity index (χ0) is 22.6. The number of benzene rings is 2. The lowest BCUT2D eigenvalue weighted by molar-refractivity contribution is 0.389. The molecule has 0 aliphatic carbocycles. The Bertz CT molecular complexity index is 1450. The quantitative estimate of drug-likeness (QED) is 0.430. The first kappa shape index (κ1) is 19.8. The van der Waals surface area contributed by atoms with Crippen molar-refractivity contribution in [3.63, 3.8) is 0 Å². The van der Waals surface area contributed by atoms with E-state index in [4.69, 9.17) is 15.5 Å². The lowest BCUT2D eigenvalue weighted by Gasteiger charge is -2.35. The number of pyridine rings is 1. The molecular weight excluding hydrogens is 444 g/mol. The van der Waals surface area contributed by atoms with Gasteiger partial charge in [-0.25, -0.2) is 24.3 Å². The highest BCUT2D eigenvalue weighted by atomic mass is 32.2. The van der Waals surface area contributed by atoms with E-state index in [1.54, 1.807) is 48.8 Å². The molecule has 4 aromatic rings. The minimum Gasteiger partial charge on any atom is -0.453 e. The van der Waals surface area contributed by atoms with Crippen molar-refractivity contribution < 1.29 is 13.5 Å². The second kappa shape index (κ2) is 7.35. The van der Waals surface area contributed by atoms with Crippen molar-refractivity contribution in [3.8, 4) is 34.0 Å². The van der Waals surface area contributed by atoms with Gasteiger partial charge in [0.15, 0.2) is 22.6 Å². The number of fused-ring (bicyclic) bond motifs is 4. The Morgan fingerprint density at radius 1 is 0.909 bits per heavy atom. The van der Waals surface area contributed by atoms with Crippen molar-refractivity contribution in [3.05, 3.63) is 90.0 Å². The van der Waals surface area contributed by atoms with Crippen LogP contribution in [0.3, 0.4) is 0 Å². The minimum atomic E-state index is -1.00. The molecule has 0 fully saturated rings. The van der Waals surface area contributed by atoms with Gasteiger partial charge in [0, 0.05) is 46.6 Å². The van der Waals surface area contributed by atoms with Crippen LogP contribution in [0.5, 0.6) is 11.5 Å². The standard InChI is InChI=1S/C24H15F2N5OS/c25-18-11-14(22-29-7-2-8-30-22)10-17-20(18)32-19-5-4-13(15-3-1-6-28-21(15)26)9-16(19)24(17)12-33-23(27)31-24/h1-11H,12H2,(H2,27,31)/t24-/m0/s1. The molecule has 0 radical (unpaired) electrons. The van der Waals surface area contributed by atoms with Crippen LogP contribution in [0.1, 0.15) is 11.1 Å². The van der Waals surface area contributed by atoms with E-state index in [2.05, 4.69) is 15.0 Å². The summed E-state index contributed by atoms with van der Waals surface area (Å²) in [5.74, 6) is 0.224. The van der Waals surface area contributed by atoms with Crippen molar-refractivity contribution in [1.82, 2.24) is 15.0 Å². The Balaban J connectivity index is 1.59. The van der Waals surface area contributed by atoms with Crippen LogP contribution in [0.25, 0.3) is 22.5 Å². The third kappa shape index (κ3) is 3.07. The molecule has 6 rings (SSSR count). The van der Waals surface area contributed by atoms with Gasteiger partial charge in [-0.2, -0.15) is 4.39 Å². The summed E-state index contributed by atoms with van der Waals surface area (Å²) < 4.78 is 35.7. The molecule has 2 N–H and O–H groups in total. The maximum atomic E-state index is 15.3. The third-order valence-corrected chi connectivity index (χ3v) is 6.70. The number of hydrogen-bond donors (Lipinski definition) is 1. The van der Waals surface area contributed by atoms with Crippen molar-refractivity contribution >= 4 is 16.9 Å². The van der Waals surface area contributed by atoms with Crippen LogP contribution < -0.4 is 10.5 Å². The second-order valence-electron chi connectivity index (χ2n) is 7.66. The Hall–Kier alpha value is -3.85. The number of thioether (sulfide) groups is 1. The van der Waals surface area contributed by atoms with Gasteiger partial charge in [0.2, 0.25) is 5.95 Å². The van der Waals surface area contributed by atoms with E-state index >= 15 is 4.39 Å². The zero-order valence-corrected chi connectivity index (χ0v) is 17.8. The molecule has 2 aliphatic rings. The largest absolute Gasteiger partial charge is 0.453 e. The molecule has 0 saturated carbocycles. The van der Waals surface area contributed by atoms with Gasteiger partial charge in [0.25, 0.3) is 0 Å². The van der Waals surface area contributed by atoms with E-state index in [0.29, 0.717) is 50.3 Å². The van der Waals surface area contributed by atoms with E-state index < -0.39 is 17.3 Å². The van der Waals surface area contributed by atoms with E-state index in [1.807, 2.05) is 6.07 Å². The summed E-state index contributed by atoms with van der Waals surface area (Å²) in [6.07, 6.45) is 4.59. The van der Waals surface area contributed by atoms with Crippen LogP contribution in [0.2, 0.25) is 0 Å². The average molecular weight is 459 g/mol. The molecule has 6 nitrogen and oxygen atoms in total. The summed E-state index contributed by atoms with van der Waals surface area (Å²) in [7, 11) is 0. The molecule has 162 valence electrons. The fraction of sp³-hybridized carbons (Fsp3) is 0.0833. The van der Waals surface area contributed by atoms with Gasteiger partial charge in [-0.1, -0.05) is 17.8 Å². The van der Waals surface area contributed by atoms with Crippen molar-refractivity contribution in [2.75, 3.05) is 5.75 Å². The summed E-state index contributed by atoms with van der Waals surface area (Å²) in [5.41, 5.74) is 7.75. The monoisotopic (exact) mass is 459 g/mol. The first-order valence-electron chi connectivity index (χ1n) is 10.1. The van der Waals surface area contributed by atoms with Gasteiger partial charge in [-0.15, -0.1) is 0 Å². The molecule has 2 aliphatic heterocycles. The summed E-state index contributed by atoms with van der Waals surface area (Å²) in [4.78, 5) is 17.0. The van der Waals surface area contributed by atoms with Crippen LogP contribution in [0.15, 0.2) is 72.1 Å². The molecule has 0 amide bonds. The smallest absolute Gasteiger partial charge is 0.220 e. The van der Waals surface area contributed by atoms with Crippen molar-refractivity contribution in [1.29, 1.82) is 0 Å². The molecule has 4 heterocycles. The predicted octanol–water partition coefficient (Wildman–Crippen LogP) is 4.89. The number of aromatic nitrogens is 3. The normalized spacial score (nSPS) is 18.4. The predicted molar refractivity (Wildman–Crippen MR) is 122 cm³/mol. The molecular formula is C24H15F2N5OS. The SMILES string of the molecule is NC1=N[C@@]2(CS1)c1cc(-c3cccnc3F)ccc1Oc1c(F)cc(-c3ncccn3)cc12. The molecule has 0 saturated heterocycles. The summed E-state index contributed by atoms with van der Waals surface area (Å²) in [6.45, 7) is 0. The Morgan fingerprint density at radius 3 is 2.45 bits per heavy atom. The average Bonchev–Trinajstić information content (AvgIpc) is 3.23. The highest BCUT2D eigenvalue weighted by Crippen LogP contribution is 2.55. The number of aliphatic imine (C=N–C) groups is 1. The maximum Gasteiger partial charge on any atom is 0.220 e. The van der Waals surface area contributed by atoms with Gasteiger partial charge in [0.1, 0.15) is 11.3 Å². The number of rotatable bonds is 2. The topological polar surface area (TPSA) is 86.3 Å². The lowest BCUT2D eigenvalue weighted by atomic mass is 9.80. The second-order valence-corrected chi connectivity index (χ2v) is 8.66. The Kier molecular flexibility index (Phi) is 4.41. The van der Waals surface area contributed by atoms with E-state index in [1.165, 1.54) is 24.0 Å². The Labute approximate surface area is 191 Å². The van der Waals surface area contributed by atoms with Crippen LogP contribution >= 0.6 is 11.8 Å². The van der Waals surface area contributed by atoms with E-state index in [0.717, 1.165) is 0 Å².